The summed E-state index contributed by atoms with van der Waals surface area (Å²) in [5.41, 5.74) is 12.3. The summed E-state index contributed by atoms with van der Waals surface area (Å²) < 4.78 is 0. The van der Waals surface area contributed by atoms with E-state index >= 15 is 0 Å². The van der Waals surface area contributed by atoms with Gasteiger partial charge in [-0.2, -0.15) is 0 Å². The molecular formula is C28H41N. The summed E-state index contributed by atoms with van der Waals surface area (Å²) in [6.07, 6.45) is 16.7. The first-order chi connectivity index (χ1) is 14.2. The first-order valence-corrected chi connectivity index (χ1v) is 12.1. The molecule has 1 aliphatic rings. The fraction of sp³-hybridized carbons (Fsp3) is 0.571. The average Bonchev–Trinajstić information content (AvgIpc) is 2.74. The molecule has 0 aromatic heterocycles. The van der Waals surface area contributed by atoms with Gasteiger partial charge in [-0.3, -0.25) is 0 Å². The van der Waals surface area contributed by atoms with Crippen LogP contribution in [0.3, 0.4) is 0 Å². The zero-order valence-electron chi connectivity index (χ0n) is 18.8. The van der Waals surface area contributed by atoms with E-state index in [0.29, 0.717) is 0 Å². The Morgan fingerprint density at radius 3 is 2.14 bits per heavy atom. The summed E-state index contributed by atoms with van der Waals surface area (Å²) in [5.74, 6) is 1.77. The van der Waals surface area contributed by atoms with Crippen LogP contribution in [0.4, 0.5) is 5.69 Å². The van der Waals surface area contributed by atoms with Crippen molar-refractivity contribution < 1.29 is 0 Å². The number of hydrogen-bond donors (Lipinski definition) is 1. The Labute approximate surface area is 179 Å². The van der Waals surface area contributed by atoms with Gasteiger partial charge in [0, 0.05) is 5.69 Å². The second kappa shape index (κ2) is 11.4. The minimum atomic E-state index is 0.781. The topological polar surface area (TPSA) is 26.0 Å². The maximum absolute atomic E-state index is 5.95. The maximum atomic E-state index is 5.95. The van der Waals surface area contributed by atoms with Crippen LogP contribution in [-0.2, 0) is 6.42 Å². The third-order valence-corrected chi connectivity index (χ3v) is 7.01. The van der Waals surface area contributed by atoms with Gasteiger partial charge in [0.25, 0.3) is 0 Å². The Bertz CT molecular complexity index is 722. The maximum Gasteiger partial charge on any atom is 0.0343 e. The highest BCUT2D eigenvalue weighted by Crippen LogP contribution is 2.38. The molecule has 1 nitrogen and oxygen atoms in total. The molecule has 1 saturated carbocycles. The normalized spacial score (nSPS) is 19.4. The van der Waals surface area contributed by atoms with Gasteiger partial charge in [0.15, 0.2) is 0 Å². The summed E-state index contributed by atoms with van der Waals surface area (Å²) in [6.45, 7) is 4.39. The molecule has 158 valence electrons. The monoisotopic (exact) mass is 391 g/mol. The van der Waals surface area contributed by atoms with Crippen molar-refractivity contribution in [3.8, 4) is 0 Å². The van der Waals surface area contributed by atoms with E-state index in [1.54, 1.807) is 5.56 Å². The fourth-order valence-electron chi connectivity index (χ4n) is 4.99. The van der Waals surface area contributed by atoms with Crippen LogP contribution in [0.2, 0.25) is 0 Å². The lowest BCUT2D eigenvalue weighted by Gasteiger charge is -2.29. The molecule has 3 rings (SSSR count). The van der Waals surface area contributed by atoms with Crippen LogP contribution in [0.15, 0.2) is 42.5 Å². The summed E-state index contributed by atoms with van der Waals surface area (Å²) in [4.78, 5) is 0. The smallest absolute Gasteiger partial charge is 0.0343 e. The van der Waals surface area contributed by atoms with Crippen LogP contribution in [0.1, 0.15) is 106 Å². The molecule has 2 aromatic rings. The number of hydrogen-bond acceptors (Lipinski definition) is 1. The van der Waals surface area contributed by atoms with Gasteiger partial charge in [-0.15, -0.1) is 0 Å². The van der Waals surface area contributed by atoms with E-state index in [-0.39, 0.29) is 0 Å². The van der Waals surface area contributed by atoms with Gasteiger partial charge in [0.05, 0.1) is 0 Å². The SMILES string of the molecule is CCCCCCCCC1CCC(c2ccc(Cc3ccc(N)c(C)c3)cc2)CC1. The van der Waals surface area contributed by atoms with E-state index in [1.165, 1.54) is 87.3 Å². The molecule has 2 N–H and O–H groups in total. The van der Waals surface area contributed by atoms with Gasteiger partial charge in [-0.05, 0) is 79.2 Å². The lowest BCUT2D eigenvalue weighted by Crippen LogP contribution is -2.13. The summed E-state index contributed by atoms with van der Waals surface area (Å²) >= 11 is 0. The van der Waals surface area contributed by atoms with Gasteiger partial charge in [-0.25, -0.2) is 0 Å². The van der Waals surface area contributed by atoms with Gasteiger partial charge in [0.1, 0.15) is 0 Å². The number of aryl methyl sites for hydroxylation is 1. The van der Waals surface area contributed by atoms with Gasteiger partial charge in [-0.1, -0.05) is 88.3 Å². The molecule has 0 unspecified atom stereocenters. The fourth-order valence-corrected chi connectivity index (χ4v) is 4.99. The average molecular weight is 392 g/mol. The molecule has 2 aromatic carbocycles. The van der Waals surface area contributed by atoms with Crippen molar-refractivity contribution in [3.63, 3.8) is 0 Å². The van der Waals surface area contributed by atoms with Crippen molar-refractivity contribution in [2.45, 2.75) is 96.8 Å². The number of nitrogen functional groups attached to an aromatic ring is 1. The second-order valence-electron chi connectivity index (χ2n) is 9.38. The van der Waals surface area contributed by atoms with E-state index < -0.39 is 0 Å². The summed E-state index contributed by atoms with van der Waals surface area (Å²) in [7, 11) is 0. The molecule has 1 heteroatoms. The molecule has 0 heterocycles. The highest BCUT2D eigenvalue weighted by molar-refractivity contribution is 5.48. The Morgan fingerprint density at radius 1 is 0.793 bits per heavy atom. The highest BCUT2D eigenvalue weighted by Gasteiger charge is 2.22. The van der Waals surface area contributed by atoms with Crippen molar-refractivity contribution in [1.82, 2.24) is 0 Å². The second-order valence-corrected chi connectivity index (χ2v) is 9.38. The van der Waals surface area contributed by atoms with E-state index in [2.05, 4.69) is 50.2 Å². The molecule has 0 atom stereocenters. The Hall–Kier alpha value is -1.76. The molecule has 29 heavy (non-hydrogen) atoms. The quantitative estimate of drug-likeness (QED) is 0.320. The van der Waals surface area contributed by atoms with E-state index in [9.17, 15) is 0 Å². The van der Waals surface area contributed by atoms with Gasteiger partial charge >= 0.3 is 0 Å². The number of anilines is 1. The lowest BCUT2D eigenvalue weighted by molar-refractivity contribution is 0.302. The minimum absolute atomic E-state index is 0.781. The standard InChI is InChI=1S/C28H41N/c1-3-4-5-6-7-8-9-23-10-15-26(16-11-23)27-17-12-24(13-18-27)21-25-14-19-28(29)22(2)20-25/h12-14,17-20,23,26H,3-11,15-16,21,29H2,1-2H3. The largest absolute Gasteiger partial charge is 0.399 e. The predicted molar refractivity (Wildman–Crippen MR) is 128 cm³/mol. The molecule has 1 fully saturated rings. The first kappa shape index (κ1) is 21.9. The Morgan fingerprint density at radius 2 is 1.45 bits per heavy atom. The van der Waals surface area contributed by atoms with Crippen molar-refractivity contribution in [3.05, 3.63) is 64.7 Å². The molecule has 0 bridgehead atoms. The van der Waals surface area contributed by atoms with Crippen LogP contribution in [0.25, 0.3) is 0 Å². The van der Waals surface area contributed by atoms with E-state index in [1.807, 2.05) is 6.07 Å². The van der Waals surface area contributed by atoms with Gasteiger partial charge in [0.2, 0.25) is 0 Å². The third kappa shape index (κ3) is 6.91. The van der Waals surface area contributed by atoms with Crippen molar-refractivity contribution in [2.24, 2.45) is 5.92 Å². The zero-order chi connectivity index (χ0) is 20.5. The van der Waals surface area contributed by atoms with Gasteiger partial charge < -0.3 is 5.73 Å². The summed E-state index contributed by atoms with van der Waals surface area (Å²) in [5, 5.41) is 0. The van der Waals surface area contributed by atoms with Crippen molar-refractivity contribution >= 4 is 5.69 Å². The Balaban J connectivity index is 1.41. The number of nitrogens with two attached hydrogens (primary N) is 1. The first-order valence-electron chi connectivity index (χ1n) is 12.1. The zero-order valence-corrected chi connectivity index (χ0v) is 18.8. The molecule has 0 aliphatic heterocycles. The minimum Gasteiger partial charge on any atom is -0.399 e. The molecule has 0 saturated heterocycles. The van der Waals surface area contributed by atoms with Crippen LogP contribution in [0.5, 0.6) is 0 Å². The molecule has 1 aliphatic carbocycles. The molecule has 0 spiro atoms. The van der Waals surface area contributed by atoms with E-state index in [0.717, 1.165) is 23.9 Å². The highest BCUT2D eigenvalue weighted by atomic mass is 14.5. The van der Waals surface area contributed by atoms with E-state index in [4.69, 9.17) is 5.73 Å². The predicted octanol–water partition coefficient (Wildman–Crippen LogP) is 8.19. The van der Waals surface area contributed by atoms with Crippen LogP contribution >= 0.6 is 0 Å². The van der Waals surface area contributed by atoms with Crippen LogP contribution in [0, 0.1) is 12.8 Å². The summed E-state index contributed by atoms with van der Waals surface area (Å²) in [6, 6.07) is 15.8. The van der Waals surface area contributed by atoms with Crippen LogP contribution in [-0.4, -0.2) is 0 Å². The lowest BCUT2D eigenvalue weighted by atomic mass is 9.77. The molecular weight excluding hydrogens is 350 g/mol. The Kier molecular flexibility index (Phi) is 8.65. The third-order valence-electron chi connectivity index (χ3n) is 7.01. The number of rotatable bonds is 10. The van der Waals surface area contributed by atoms with Crippen molar-refractivity contribution in [1.29, 1.82) is 0 Å². The van der Waals surface area contributed by atoms with Crippen molar-refractivity contribution in [2.75, 3.05) is 5.73 Å². The number of benzene rings is 2. The number of unbranched alkanes of at least 4 members (excludes halogenated alkanes) is 5. The molecule has 0 amide bonds. The van der Waals surface area contributed by atoms with Crippen LogP contribution < -0.4 is 5.73 Å². The molecule has 0 radical (unpaired) electrons.